The standard InChI is InChI=1S/C6H13BFNO/c1-5(2-7)9-3-6(8)4-10/h5-6,9-10H,2-4H2,1H3. The van der Waals surface area contributed by atoms with Gasteiger partial charge in [0, 0.05) is 6.54 Å². The van der Waals surface area contributed by atoms with E-state index in [9.17, 15) is 4.39 Å². The van der Waals surface area contributed by atoms with Crippen molar-refractivity contribution in [3.63, 3.8) is 0 Å². The van der Waals surface area contributed by atoms with Crippen molar-refractivity contribution >= 4 is 7.85 Å². The summed E-state index contributed by atoms with van der Waals surface area (Å²) in [6, 6.07) is 0.116. The van der Waals surface area contributed by atoms with Gasteiger partial charge in [-0.05, 0) is 6.04 Å². The highest BCUT2D eigenvalue weighted by atomic mass is 19.1. The van der Waals surface area contributed by atoms with E-state index in [1.54, 1.807) is 0 Å². The first-order chi connectivity index (χ1) is 4.70. The van der Waals surface area contributed by atoms with E-state index in [1.807, 2.05) is 6.92 Å². The Bertz CT molecular complexity index is 74.1. The van der Waals surface area contributed by atoms with Crippen molar-refractivity contribution in [3.8, 4) is 0 Å². The third-order valence-corrected chi connectivity index (χ3v) is 1.24. The summed E-state index contributed by atoms with van der Waals surface area (Å²) in [5, 5.41) is 11.1. The van der Waals surface area contributed by atoms with Crippen molar-refractivity contribution in [2.24, 2.45) is 0 Å². The van der Waals surface area contributed by atoms with Crippen LogP contribution >= 0.6 is 0 Å². The van der Waals surface area contributed by atoms with Gasteiger partial charge >= 0.3 is 0 Å². The molecule has 0 bridgehead atoms. The lowest BCUT2D eigenvalue weighted by atomic mass is 9.99. The van der Waals surface area contributed by atoms with Gasteiger partial charge in [-0.25, -0.2) is 4.39 Å². The second-order valence-electron chi connectivity index (χ2n) is 2.32. The van der Waals surface area contributed by atoms with E-state index in [1.165, 1.54) is 0 Å². The van der Waals surface area contributed by atoms with Gasteiger partial charge in [0.1, 0.15) is 6.17 Å². The third kappa shape index (κ3) is 4.76. The molecule has 4 heteroatoms. The Morgan fingerprint density at radius 3 is 2.70 bits per heavy atom. The summed E-state index contributed by atoms with van der Waals surface area (Å²) in [5.41, 5.74) is 0. The minimum absolute atomic E-state index is 0.116. The topological polar surface area (TPSA) is 32.3 Å². The maximum atomic E-state index is 12.3. The van der Waals surface area contributed by atoms with Crippen molar-refractivity contribution in [3.05, 3.63) is 0 Å². The summed E-state index contributed by atoms with van der Waals surface area (Å²) < 4.78 is 12.3. The van der Waals surface area contributed by atoms with E-state index in [-0.39, 0.29) is 12.6 Å². The van der Waals surface area contributed by atoms with Crippen molar-refractivity contribution in [1.82, 2.24) is 5.32 Å². The van der Waals surface area contributed by atoms with Crippen LogP contribution in [0.2, 0.25) is 6.32 Å². The molecule has 2 radical (unpaired) electrons. The Hall–Kier alpha value is -0.0851. The molecule has 0 aliphatic heterocycles. The lowest BCUT2D eigenvalue weighted by molar-refractivity contribution is 0.173. The minimum Gasteiger partial charge on any atom is -0.393 e. The molecule has 2 N–H and O–H groups in total. The van der Waals surface area contributed by atoms with Crippen LogP contribution in [0.25, 0.3) is 0 Å². The molecule has 2 atom stereocenters. The van der Waals surface area contributed by atoms with Gasteiger partial charge in [-0.2, -0.15) is 0 Å². The van der Waals surface area contributed by atoms with Crippen molar-refractivity contribution in [2.75, 3.05) is 13.2 Å². The van der Waals surface area contributed by atoms with Crippen LogP contribution in [0, 0.1) is 0 Å². The van der Waals surface area contributed by atoms with Crippen molar-refractivity contribution < 1.29 is 9.50 Å². The Kier molecular flexibility index (Phi) is 5.63. The largest absolute Gasteiger partial charge is 0.393 e. The normalized spacial score (nSPS) is 16.7. The summed E-state index contributed by atoms with van der Waals surface area (Å²) in [7, 11) is 5.25. The molecule has 10 heavy (non-hydrogen) atoms. The van der Waals surface area contributed by atoms with Gasteiger partial charge in [0.15, 0.2) is 0 Å². The molecule has 0 heterocycles. The molecule has 0 aromatic rings. The number of nitrogens with one attached hydrogen (secondary N) is 1. The third-order valence-electron chi connectivity index (χ3n) is 1.24. The molecule has 2 unspecified atom stereocenters. The van der Waals surface area contributed by atoms with Gasteiger partial charge < -0.3 is 10.4 Å². The van der Waals surface area contributed by atoms with E-state index in [4.69, 9.17) is 13.0 Å². The molecule has 0 saturated heterocycles. The molecule has 0 aliphatic carbocycles. The summed E-state index contributed by atoms with van der Waals surface area (Å²) >= 11 is 0. The number of aliphatic hydroxyl groups is 1. The fourth-order valence-corrected chi connectivity index (χ4v) is 0.477. The van der Waals surface area contributed by atoms with E-state index < -0.39 is 12.8 Å². The monoisotopic (exact) mass is 145 g/mol. The van der Waals surface area contributed by atoms with Gasteiger partial charge in [-0.1, -0.05) is 13.2 Å². The predicted molar refractivity (Wildman–Crippen MR) is 40.0 cm³/mol. The Labute approximate surface area is 62.2 Å². The number of hydrogen-bond donors (Lipinski definition) is 2. The van der Waals surface area contributed by atoms with E-state index >= 15 is 0 Å². The molecule has 0 saturated carbocycles. The first-order valence-electron chi connectivity index (χ1n) is 3.39. The number of alkyl halides is 1. The first kappa shape index (κ1) is 9.91. The number of hydrogen-bond acceptors (Lipinski definition) is 2. The zero-order valence-electron chi connectivity index (χ0n) is 6.18. The van der Waals surface area contributed by atoms with Crippen molar-refractivity contribution in [2.45, 2.75) is 25.5 Å². The summed E-state index contributed by atoms with van der Waals surface area (Å²) in [4.78, 5) is 0. The number of halogens is 1. The smallest absolute Gasteiger partial charge is 0.135 e. The molecule has 0 aromatic heterocycles. The van der Waals surface area contributed by atoms with Crippen LogP contribution in [0.15, 0.2) is 0 Å². The Morgan fingerprint density at radius 2 is 2.30 bits per heavy atom. The molecular weight excluding hydrogens is 132 g/mol. The van der Waals surface area contributed by atoms with Crippen LogP contribution in [0.5, 0.6) is 0 Å². The van der Waals surface area contributed by atoms with Crippen LogP contribution in [-0.4, -0.2) is 38.3 Å². The fourth-order valence-electron chi connectivity index (χ4n) is 0.477. The second kappa shape index (κ2) is 5.68. The van der Waals surface area contributed by atoms with Gasteiger partial charge in [-0.15, -0.1) is 0 Å². The maximum absolute atomic E-state index is 12.3. The molecule has 0 rings (SSSR count). The van der Waals surface area contributed by atoms with Crippen LogP contribution in [0.4, 0.5) is 4.39 Å². The molecule has 2 nitrogen and oxygen atoms in total. The molecular formula is C6H13BFNO. The number of aliphatic hydroxyl groups excluding tert-OH is 1. The molecule has 0 spiro atoms. The van der Waals surface area contributed by atoms with Crippen molar-refractivity contribution in [1.29, 1.82) is 0 Å². The highest BCUT2D eigenvalue weighted by molar-refractivity contribution is 6.08. The maximum Gasteiger partial charge on any atom is 0.135 e. The molecule has 0 aliphatic rings. The minimum atomic E-state index is -1.17. The average Bonchev–Trinajstić information content (AvgIpc) is 1.99. The van der Waals surface area contributed by atoms with Gasteiger partial charge in [-0.3, -0.25) is 0 Å². The van der Waals surface area contributed by atoms with Gasteiger partial charge in [0.25, 0.3) is 0 Å². The lowest BCUT2D eigenvalue weighted by Gasteiger charge is -2.12. The zero-order valence-corrected chi connectivity index (χ0v) is 6.18. The Balaban J connectivity index is 3.17. The average molecular weight is 145 g/mol. The summed E-state index contributed by atoms with van der Waals surface area (Å²) in [6.45, 7) is 1.61. The first-order valence-corrected chi connectivity index (χ1v) is 3.39. The second-order valence-corrected chi connectivity index (χ2v) is 2.32. The summed E-state index contributed by atoms with van der Waals surface area (Å²) in [5.74, 6) is 0. The van der Waals surface area contributed by atoms with Crippen LogP contribution in [0.3, 0.4) is 0 Å². The highest BCUT2D eigenvalue weighted by Gasteiger charge is 2.04. The van der Waals surface area contributed by atoms with E-state index in [0.29, 0.717) is 6.32 Å². The number of rotatable bonds is 5. The molecule has 0 fully saturated rings. The highest BCUT2D eigenvalue weighted by Crippen LogP contribution is 1.89. The molecule has 0 aromatic carbocycles. The molecule has 0 amide bonds. The van der Waals surface area contributed by atoms with Crippen LogP contribution in [-0.2, 0) is 0 Å². The van der Waals surface area contributed by atoms with Crippen LogP contribution < -0.4 is 5.32 Å². The molecule has 58 valence electrons. The predicted octanol–water partition coefficient (Wildman–Crippen LogP) is -0.118. The van der Waals surface area contributed by atoms with Crippen LogP contribution in [0.1, 0.15) is 6.92 Å². The van der Waals surface area contributed by atoms with Gasteiger partial charge in [0.2, 0.25) is 0 Å². The summed E-state index contributed by atoms with van der Waals surface area (Å²) in [6.07, 6.45) is -0.688. The lowest BCUT2D eigenvalue weighted by Crippen LogP contribution is -2.33. The zero-order chi connectivity index (χ0) is 7.98. The van der Waals surface area contributed by atoms with E-state index in [0.717, 1.165) is 0 Å². The Morgan fingerprint density at radius 1 is 1.70 bits per heavy atom. The fraction of sp³-hybridized carbons (Fsp3) is 1.00. The SMILES string of the molecule is [B]CC(C)NCC(F)CO. The van der Waals surface area contributed by atoms with Gasteiger partial charge in [0.05, 0.1) is 14.5 Å². The quantitative estimate of drug-likeness (QED) is 0.528. The van der Waals surface area contributed by atoms with E-state index in [2.05, 4.69) is 5.32 Å².